The summed E-state index contributed by atoms with van der Waals surface area (Å²) in [4.78, 5) is 28.1. The summed E-state index contributed by atoms with van der Waals surface area (Å²) in [7, 11) is 0. The number of phenolic OH excluding ortho intramolecular Hbond substituents is 1. The molecule has 204 valence electrons. The molecule has 0 bridgehead atoms. The van der Waals surface area contributed by atoms with Crippen LogP contribution in [-0.4, -0.2) is 40.0 Å². The number of hydrogen-bond acceptors (Lipinski definition) is 6. The molecule has 1 fully saturated rings. The second-order valence-corrected chi connectivity index (χ2v) is 10.2. The number of amides is 1. The molecule has 1 heterocycles. The Morgan fingerprint density at radius 2 is 1.67 bits per heavy atom. The highest BCUT2D eigenvalue weighted by atomic mass is 16.5. The molecule has 0 spiro atoms. The first-order valence-electron chi connectivity index (χ1n) is 13.2. The van der Waals surface area contributed by atoms with Crippen molar-refractivity contribution in [3.8, 4) is 17.2 Å². The summed E-state index contributed by atoms with van der Waals surface area (Å²) in [5.74, 6) is 0.171. The molecule has 3 aromatic rings. The van der Waals surface area contributed by atoms with Gasteiger partial charge in [-0.3, -0.25) is 9.59 Å². The van der Waals surface area contributed by atoms with Crippen LogP contribution < -0.4 is 9.47 Å². The molecule has 2 N–H and O–H groups in total. The number of aryl methyl sites for hydroxylation is 1. The third-order valence-corrected chi connectivity index (χ3v) is 6.52. The maximum Gasteiger partial charge on any atom is 0.295 e. The fourth-order valence-corrected chi connectivity index (χ4v) is 4.52. The largest absolute Gasteiger partial charge is 0.508 e. The van der Waals surface area contributed by atoms with Gasteiger partial charge in [0.2, 0.25) is 0 Å². The number of carbonyl (C=O) groups excluding carboxylic acids is 2. The van der Waals surface area contributed by atoms with Crippen LogP contribution in [0.5, 0.6) is 17.2 Å². The average Bonchev–Trinajstić information content (AvgIpc) is 3.17. The van der Waals surface area contributed by atoms with E-state index in [2.05, 4.69) is 13.8 Å². The van der Waals surface area contributed by atoms with E-state index < -0.39 is 17.7 Å². The molecule has 4 rings (SSSR count). The number of aromatic hydroxyl groups is 1. The van der Waals surface area contributed by atoms with E-state index in [1.807, 2.05) is 38.1 Å². The summed E-state index contributed by atoms with van der Waals surface area (Å²) in [6.07, 6.45) is 0.866. The Hall–Kier alpha value is -4.26. The van der Waals surface area contributed by atoms with Crippen molar-refractivity contribution in [3.05, 3.63) is 94.6 Å². The first kappa shape index (κ1) is 27.8. The van der Waals surface area contributed by atoms with E-state index in [4.69, 9.17) is 9.47 Å². The van der Waals surface area contributed by atoms with E-state index >= 15 is 0 Å². The molecule has 0 radical (unpaired) electrons. The Kier molecular flexibility index (Phi) is 8.59. The van der Waals surface area contributed by atoms with Crippen LogP contribution in [0.25, 0.3) is 5.76 Å². The fourth-order valence-electron chi connectivity index (χ4n) is 4.52. The molecule has 1 atom stereocenters. The fraction of sp³-hybridized carbons (Fsp3) is 0.312. The minimum Gasteiger partial charge on any atom is -0.508 e. The third-order valence-electron chi connectivity index (χ3n) is 6.52. The van der Waals surface area contributed by atoms with Crippen LogP contribution in [0.2, 0.25) is 0 Å². The van der Waals surface area contributed by atoms with Gasteiger partial charge >= 0.3 is 0 Å². The lowest BCUT2D eigenvalue weighted by molar-refractivity contribution is -0.140. The SMILES string of the molecule is CCCOc1ccc(/C(O)=C2/C(=O)C(=O)N(Cc3ccc(OCC(C)C)cc3)C2c2ccc(O)cc2)cc1C. The van der Waals surface area contributed by atoms with Crippen molar-refractivity contribution in [2.45, 2.75) is 46.7 Å². The van der Waals surface area contributed by atoms with Gasteiger partial charge in [-0.15, -0.1) is 0 Å². The lowest BCUT2D eigenvalue weighted by atomic mass is 9.94. The Balaban J connectivity index is 1.72. The lowest BCUT2D eigenvalue weighted by Gasteiger charge is -2.25. The summed E-state index contributed by atoms with van der Waals surface area (Å²) in [5, 5.41) is 21.2. The Labute approximate surface area is 229 Å². The van der Waals surface area contributed by atoms with Crippen LogP contribution in [0.15, 0.2) is 72.3 Å². The normalized spacial score (nSPS) is 16.6. The molecule has 1 unspecified atom stereocenters. The second-order valence-electron chi connectivity index (χ2n) is 10.2. The minimum atomic E-state index is -0.834. The van der Waals surface area contributed by atoms with Gasteiger partial charge in [0.05, 0.1) is 24.8 Å². The number of phenols is 1. The Morgan fingerprint density at radius 3 is 2.28 bits per heavy atom. The summed E-state index contributed by atoms with van der Waals surface area (Å²) < 4.78 is 11.5. The minimum absolute atomic E-state index is 0.00389. The van der Waals surface area contributed by atoms with Gasteiger partial charge in [-0.05, 0) is 78.4 Å². The Bertz CT molecular complexity index is 1360. The molecule has 0 aromatic heterocycles. The standard InChI is InChI=1S/C32H35NO6/c1-5-16-38-27-15-10-24(17-21(27)4)30(35)28-29(23-8-11-25(34)12-9-23)33(32(37)31(28)36)18-22-6-13-26(14-7-22)39-19-20(2)3/h6-15,17,20,29,34-35H,5,16,18-19H2,1-4H3/b30-28-. The highest BCUT2D eigenvalue weighted by Gasteiger charge is 2.46. The zero-order valence-corrected chi connectivity index (χ0v) is 22.8. The topological polar surface area (TPSA) is 96.3 Å². The summed E-state index contributed by atoms with van der Waals surface area (Å²) in [5.41, 5.74) is 2.65. The highest BCUT2D eigenvalue weighted by Crippen LogP contribution is 2.41. The summed E-state index contributed by atoms with van der Waals surface area (Å²) in [6, 6.07) is 18.1. The van der Waals surface area contributed by atoms with E-state index in [1.54, 1.807) is 30.3 Å². The average molecular weight is 530 g/mol. The van der Waals surface area contributed by atoms with Crippen molar-refractivity contribution in [2.75, 3.05) is 13.2 Å². The van der Waals surface area contributed by atoms with Gasteiger partial charge in [-0.1, -0.05) is 45.0 Å². The zero-order chi connectivity index (χ0) is 28.1. The predicted octanol–water partition coefficient (Wildman–Crippen LogP) is 6.15. The maximum atomic E-state index is 13.4. The van der Waals surface area contributed by atoms with Crippen molar-refractivity contribution >= 4 is 17.4 Å². The number of Topliss-reactive ketones (excluding diaryl/α,β-unsaturated/α-hetero) is 1. The molecule has 7 nitrogen and oxygen atoms in total. The maximum absolute atomic E-state index is 13.4. The molecule has 7 heteroatoms. The number of carbonyl (C=O) groups is 2. The number of ketones is 1. The van der Waals surface area contributed by atoms with Gasteiger partial charge in [0.1, 0.15) is 23.0 Å². The van der Waals surface area contributed by atoms with Gasteiger partial charge in [-0.25, -0.2) is 0 Å². The molecule has 1 amide bonds. The predicted molar refractivity (Wildman–Crippen MR) is 150 cm³/mol. The zero-order valence-electron chi connectivity index (χ0n) is 22.8. The van der Waals surface area contributed by atoms with E-state index in [1.165, 1.54) is 17.0 Å². The summed E-state index contributed by atoms with van der Waals surface area (Å²) in [6.45, 7) is 9.36. The van der Waals surface area contributed by atoms with E-state index in [-0.39, 0.29) is 23.6 Å². The molecule has 0 saturated carbocycles. The number of benzene rings is 3. The second kappa shape index (κ2) is 12.1. The first-order valence-corrected chi connectivity index (χ1v) is 13.2. The van der Waals surface area contributed by atoms with Crippen LogP contribution in [0, 0.1) is 12.8 Å². The quantitative estimate of drug-likeness (QED) is 0.186. The molecule has 0 aliphatic carbocycles. The van der Waals surface area contributed by atoms with Gasteiger partial charge in [0.15, 0.2) is 0 Å². The van der Waals surface area contributed by atoms with Crippen molar-refractivity contribution < 1.29 is 29.3 Å². The lowest BCUT2D eigenvalue weighted by Crippen LogP contribution is -2.29. The Morgan fingerprint density at radius 1 is 0.974 bits per heavy atom. The number of ether oxygens (including phenoxy) is 2. The number of rotatable bonds is 10. The molecule has 39 heavy (non-hydrogen) atoms. The first-order chi connectivity index (χ1) is 18.7. The molecule has 1 aliphatic rings. The summed E-state index contributed by atoms with van der Waals surface area (Å²) >= 11 is 0. The van der Waals surface area contributed by atoms with Crippen LogP contribution in [0.3, 0.4) is 0 Å². The number of aliphatic hydroxyl groups is 1. The smallest absolute Gasteiger partial charge is 0.295 e. The monoisotopic (exact) mass is 529 g/mol. The van der Waals surface area contributed by atoms with E-state index in [0.717, 1.165) is 23.3 Å². The van der Waals surface area contributed by atoms with Crippen LogP contribution in [0.1, 0.15) is 55.5 Å². The van der Waals surface area contributed by atoms with Crippen molar-refractivity contribution in [3.63, 3.8) is 0 Å². The molecular weight excluding hydrogens is 494 g/mol. The van der Waals surface area contributed by atoms with Crippen LogP contribution in [0.4, 0.5) is 0 Å². The third kappa shape index (κ3) is 6.25. The van der Waals surface area contributed by atoms with Gasteiger partial charge < -0.3 is 24.6 Å². The van der Waals surface area contributed by atoms with E-state index in [9.17, 15) is 19.8 Å². The van der Waals surface area contributed by atoms with Crippen molar-refractivity contribution in [2.24, 2.45) is 5.92 Å². The molecule has 1 aliphatic heterocycles. The van der Waals surface area contributed by atoms with Crippen LogP contribution >= 0.6 is 0 Å². The van der Waals surface area contributed by atoms with Crippen molar-refractivity contribution in [1.82, 2.24) is 4.90 Å². The molecule has 1 saturated heterocycles. The van der Waals surface area contributed by atoms with Gasteiger partial charge in [-0.2, -0.15) is 0 Å². The number of likely N-dealkylation sites (tertiary alicyclic amines) is 1. The number of hydrogen-bond donors (Lipinski definition) is 2. The number of aliphatic hydroxyl groups excluding tert-OH is 1. The van der Waals surface area contributed by atoms with Gasteiger partial charge in [0.25, 0.3) is 11.7 Å². The molecule has 3 aromatic carbocycles. The number of nitrogens with zero attached hydrogens (tertiary/aromatic N) is 1. The molecular formula is C32H35NO6. The van der Waals surface area contributed by atoms with Gasteiger partial charge in [0, 0.05) is 12.1 Å². The van der Waals surface area contributed by atoms with Crippen molar-refractivity contribution in [1.29, 1.82) is 0 Å². The van der Waals surface area contributed by atoms with E-state index in [0.29, 0.717) is 36.0 Å². The van der Waals surface area contributed by atoms with Crippen LogP contribution in [-0.2, 0) is 16.1 Å². The highest BCUT2D eigenvalue weighted by molar-refractivity contribution is 6.46.